The van der Waals surface area contributed by atoms with Crippen molar-refractivity contribution in [2.45, 2.75) is 44.6 Å². The van der Waals surface area contributed by atoms with Crippen LogP contribution in [0.1, 0.15) is 44.0 Å². The average molecular weight is 396 g/mol. The highest BCUT2D eigenvalue weighted by Crippen LogP contribution is 2.29. The average Bonchev–Trinajstić information content (AvgIpc) is 2.79. The van der Waals surface area contributed by atoms with Gasteiger partial charge in [-0.3, -0.25) is 14.4 Å². The van der Waals surface area contributed by atoms with Crippen molar-refractivity contribution in [1.82, 2.24) is 9.62 Å². The Hall–Kier alpha value is -2.42. The van der Waals surface area contributed by atoms with Crippen LogP contribution in [0.25, 0.3) is 0 Å². The van der Waals surface area contributed by atoms with E-state index in [2.05, 4.69) is 19.2 Å². The molecule has 8 nitrogen and oxygen atoms in total. The molecule has 2 amide bonds. The lowest BCUT2D eigenvalue weighted by Gasteiger charge is -2.16. The summed E-state index contributed by atoms with van der Waals surface area (Å²) >= 11 is 0. The Labute approximate surface area is 158 Å². The van der Waals surface area contributed by atoms with Gasteiger partial charge in [0.2, 0.25) is 0 Å². The molecule has 1 N–H and O–H groups in total. The van der Waals surface area contributed by atoms with Gasteiger partial charge in [0.05, 0.1) is 5.56 Å². The number of fused-ring (bicyclic) bond motifs is 1. The highest BCUT2D eigenvalue weighted by molar-refractivity contribution is 7.90. The quantitative estimate of drug-likeness (QED) is 0.664. The highest BCUT2D eigenvalue weighted by Gasteiger charge is 2.42. The normalized spacial score (nSPS) is 16.1. The summed E-state index contributed by atoms with van der Waals surface area (Å²) in [6.07, 6.45) is 1.76. The van der Waals surface area contributed by atoms with Crippen LogP contribution in [-0.4, -0.2) is 49.7 Å². The minimum atomic E-state index is -4.08. The molecule has 0 spiro atoms. The number of rotatable bonds is 8. The summed E-state index contributed by atoms with van der Waals surface area (Å²) in [6, 6.07) is 5.66. The second kappa shape index (κ2) is 8.51. The number of ether oxygens (including phenoxy) is 1. The Morgan fingerprint density at radius 3 is 2.44 bits per heavy atom. The number of sulfonamides is 1. The van der Waals surface area contributed by atoms with Gasteiger partial charge in [0.1, 0.15) is 11.4 Å². The highest BCUT2D eigenvalue weighted by atomic mass is 32.2. The first-order chi connectivity index (χ1) is 12.6. The lowest BCUT2D eigenvalue weighted by Crippen LogP contribution is -2.39. The number of nitrogens with one attached hydrogen (secondary N) is 1. The number of hydrogen-bond donors (Lipinski definition) is 1. The molecule has 0 aromatic heterocycles. The first-order valence-corrected chi connectivity index (χ1v) is 10.2. The summed E-state index contributed by atoms with van der Waals surface area (Å²) in [5, 5.41) is 2.71. The Bertz CT molecular complexity index is 834. The summed E-state index contributed by atoms with van der Waals surface area (Å²) in [5.41, 5.74) is 0.0158. The van der Waals surface area contributed by atoms with Gasteiger partial charge in [-0.05, 0) is 37.8 Å². The van der Waals surface area contributed by atoms with E-state index in [1.54, 1.807) is 6.07 Å². The van der Waals surface area contributed by atoms with Crippen molar-refractivity contribution in [3.8, 4) is 0 Å². The molecule has 0 saturated heterocycles. The molecule has 1 atom stereocenters. The van der Waals surface area contributed by atoms with Crippen molar-refractivity contribution in [2.24, 2.45) is 5.92 Å². The molecular formula is C18H24N2O6S. The number of esters is 1. The Morgan fingerprint density at radius 2 is 1.81 bits per heavy atom. The molecule has 9 heteroatoms. The first-order valence-electron chi connectivity index (χ1n) is 8.74. The fraction of sp³-hybridized carbons (Fsp3) is 0.500. The van der Waals surface area contributed by atoms with Gasteiger partial charge in [-0.15, -0.1) is 0 Å². The third-order valence-corrected chi connectivity index (χ3v) is 5.92. The fourth-order valence-electron chi connectivity index (χ4n) is 2.67. The van der Waals surface area contributed by atoms with Crippen LogP contribution in [0.15, 0.2) is 29.2 Å². The molecule has 1 heterocycles. The maximum absolute atomic E-state index is 12.4. The van der Waals surface area contributed by atoms with Crippen LogP contribution in [-0.2, 0) is 24.3 Å². The number of nitrogens with zero attached hydrogens (tertiary/aromatic N) is 1. The first kappa shape index (κ1) is 20.9. The summed E-state index contributed by atoms with van der Waals surface area (Å²) in [4.78, 5) is 35.8. The Balaban J connectivity index is 1.86. The van der Waals surface area contributed by atoms with Crippen LogP contribution in [0.5, 0.6) is 0 Å². The molecular weight excluding hydrogens is 372 g/mol. The van der Waals surface area contributed by atoms with Gasteiger partial charge in [0.25, 0.3) is 21.8 Å². The van der Waals surface area contributed by atoms with E-state index in [0.717, 1.165) is 12.8 Å². The molecule has 27 heavy (non-hydrogen) atoms. The van der Waals surface area contributed by atoms with E-state index in [9.17, 15) is 22.8 Å². The molecule has 0 bridgehead atoms. The molecule has 0 saturated carbocycles. The molecule has 1 aliphatic heterocycles. The maximum Gasteiger partial charge on any atom is 0.327 e. The van der Waals surface area contributed by atoms with E-state index in [-0.39, 0.29) is 16.5 Å². The van der Waals surface area contributed by atoms with Gasteiger partial charge in [0.15, 0.2) is 6.61 Å². The summed E-state index contributed by atoms with van der Waals surface area (Å²) < 4.78 is 30.0. The van der Waals surface area contributed by atoms with Crippen molar-refractivity contribution in [1.29, 1.82) is 0 Å². The van der Waals surface area contributed by atoms with Crippen LogP contribution in [0.4, 0.5) is 0 Å². The molecule has 2 rings (SSSR count). The number of hydrogen-bond acceptors (Lipinski definition) is 6. The summed E-state index contributed by atoms with van der Waals surface area (Å²) in [6.45, 7) is 4.73. The van der Waals surface area contributed by atoms with Crippen molar-refractivity contribution in [2.75, 3.05) is 13.2 Å². The topological polar surface area (TPSA) is 110 Å². The van der Waals surface area contributed by atoms with Gasteiger partial charge in [-0.2, -0.15) is 0 Å². The van der Waals surface area contributed by atoms with E-state index in [1.807, 2.05) is 6.92 Å². The zero-order valence-electron chi connectivity index (χ0n) is 15.6. The minimum absolute atomic E-state index is 0.0158. The number of benzene rings is 1. The number of amides is 2. The Kier molecular flexibility index (Phi) is 6.59. The largest absolute Gasteiger partial charge is 0.454 e. The zero-order chi connectivity index (χ0) is 20.2. The summed E-state index contributed by atoms with van der Waals surface area (Å²) in [7, 11) is -4.08. The molecule has 0 radical (unpaired) electrons. The van der Waals surface area contributed by atoms with Crippen molar-refractivity contribution >= 4 is 27.8 Å². The van der Waals surface area contributed by atoms with E-state index in [1.165, 1.54) is 18.2 Å². The molecule has 1 aromatic carbocycles. The Morgan fingerprint density at radius 1 is 1.15 bits per heavy atom. The standard InChI is InChI=1S/C18H24N2O6S/c1-12(2)8-9-13(3)19-16(21)11-26-17(22)10-20-18(23)14-6-4-5-7-15(14)27(20,24)25/h4-7,12-13H,8-11H2,1-3H3,(H,19,21)/t13-/m1/s1. The third-order valence-electron chi connectivity index (χ3n) is 4.13. The van der Waals surface area contributed by atoms with Crippen molar-refractivity contribution in [3.63, 3.8) is 0 Å². The van der Waals surface area contributed by atoms with Gasteiger partial charge < -0.3 is 10.1 Å². The van der Waals surface area contributed by atoms with E-state index in [0.29, 0.717) is 10.2 Å². The third kappa shape index (κ3) is 5.06. The molecule has 1 aliphatic rings. The summed E-state index contributed by atoms with van der Waals surface area (Å²) in [5.74, 6) is -1.70. The second-order valence-corrected chi connectivity index (χ2v) is 8.74. The van der Waals surface area contributed by atoms with Crippen LogP contribution >= 0.6 is 0 Å². The predicted octanol–water partition coefficient (Wildman–Crippen LogP) is 1.32. The lowest BCUT2D eigenvalue weighted by molar-refractivity contribution is -0.148. The SMILES string of the molecule is CC(C)CC[C@@H](C)NC(=O)COC(=O)CN1C(=O)c2ccccc2S1(=O)=O. The van der Waals surface area contributed by atoms with Gasteiger partial charge in [-0.25, -0.2) is 12.7 Å². The van der Waals surface area contributed by atoms with Gasteiger partial charge >= 0.3 is 5.97 Å². The molecule has 0 aliphatic carbocycles. The van der Waals surface area contributed by atoms with Crippen LogP contribution < -0.4 is 5.32 Å². The van der Waals surface area contributed by atoms with E-state index in [4.69, 9.17) is 4.74 Å². The smallest absolute Gasteiger partial charge is 0.327 e. The number of carbonyl (C=O) groups is 3. The zero-order valence-corrected chi connectivity index (χ0v) is 16.4. The minimum Gasteiger partial charge on any atom is -0.454 e. The monoisotopic (exact) mass is 396 g/mol. The van der Waals surface area contributed by atoms with E-state index >= 15 is 0 Å². The lowest BCUT2D eigenvalue weighted by atomic mass is 10.0. The van der Waals surface area contributed by atoms with Crippen molar-refractivity contribution < 1.29 is 27.5 Å². The molecule has 148 valence electrons. The fourth-order valence-corrected chi connectivity index (χ4v) is 4.18. The predicted molar refractivity (Wildman–Crippen MR) is 97.3 cm³/mol. The van der Waals surface area contributed by atoms with Crippen LogP contribution in [0.3, 0.4) is 0 Å². The van der Waals surface area contributed by atoms with Gasteiger partial charge in [-0.1, -0.05) is 26.0 Å². The molecule has 0 unspecified atom stereocenters. The molecule has 1 aromatic rings. The van der Waals surface area contributed by atoms with Gasteiger partial charge in [0, 0.05) is 6.04 Å². The van der Waals surface area contributed by atoms with E-state index < -0.39 is 41.0 Å². The number of carbonyl (C=O) groups excluding carboxylic acids is 3. The van der Waals surface area contributed by atoms with Crippen molar-refractivity contribution in [3.05, 3.63) is 29.8 Å². The van der Waals surface area contributed by atoms with Crippen LogP contribution in [0.2, 0.25) is 0 Å². The molecule has 0 fully saturated rings. The second-order valence-electron chi connectivity index (χ2n) is 6.91. The maximum atomic E-state index is 12.4. The van der Waals surface area contributed by atoms with Crippen LogP contribution in [0, 0.1) is 5.92 Å².